The van der Waals surface area contributed by atoms with Crippen LogP contribution in [0.25, 0.3) is 44.5 Å². The third-order valence-electron chi connectivity index (χ3n) is 24.4. The molecule has 0 bridgehead atoms. The molecule has 2 N–H and O–H groups in total. The topological polar surface area (TPSA) is 193 Å². The molecule has 19 heteroatoms. The van der Waals surface area contributed by atoms with E-state index >= 15 is 0 Å². The van der Waals surface area contributed by atoms with Crippen molar-refractivity contribution in [3.63, 3.8) is 0 Å². The molecule has 0 atom stereocenters. The molecule has 0 spiro atoms. The van der Waals surface area contributed by atoms with Crippen LogP contribution in [0.4, 0.5) is 41.7 Å². The number of aromatic nitrogens is 4. The van der Waals surface area contributed by atoms with Crippen molar-refractivity contribution in [2.24, 2.45) is 0 Å². The average Bonchev–Trinajstić information content (AvgIpc) is 1.62. The normalized spacial score (nSPS) is 12.5. The molecule has 8 aromatic carbocycles. The Labute approximate surface area is 745 Å². The van der Waals surface area contributed by atoms with Crippen LogP contribution in [0.5, 0.6) is 0 Å². The number of rotatable bonds is 34. The Morgan fingerprint density at radius 3 is 1.04 bits per heavy atom. The molecule has 14 rings (SSSR count). The van der Waals surface area contributed by atoms with Crippen LogP contribution in [0.3, 0.4) is 0 Å². The molecule has 4 aromatic heterocycles. The number of hydrogen-bond acceptors (Lipinski definition) is 13. The number of nitrogens with zero attached hydrogens (tertiary/aromatic N) is 8. The first-order chi connectivity index (χ1) is 60.7. The maximum atomic E-state index is 14.9. The lowest BCUT2D eigenvalue weighted by Crippen LogP contribution is -2.33. The number of Topliss-reactive ketones (excluding diaryl/α,β-unsaturated/α-hetero) is 4. The fourth-order valence-electron chi connectivity index (χ4n) is 15.9. The molecule has 126 heavy (non-hydrogen) atoms. The van der Waals surface area contributed by atoms with Gasteiger partial charge in [0.1, 0.15) is 22.6 Å². The van der Waals surface area contributed by atoms with Gasteiger partial charge < -0.3 is 25.3 Å². The summed E-state index contributed by atoms with van der Waals surface area (Å²) < 4.78 is 42.9. The van der Waals surface area contributed by atoms with Crippen LogP contribution < -0.4 is 25.3 Å². The van der Waals surface area contributed by atoms with Crippen LogP contribution in [0.2, 0.25) is 5.15 Å². The first kappa shape index (κ1) is 94.1. The predicted octanol–water partition coefficient (Wildman–Crippen LogP) is 24.9. The lowest BCUT2D eigenvalue weighted by molar-refractivity contribution is -0.119. The van der Waals surface area contributed by atoms with E-state index in [4.69, 9.17) is 17.3 Å². The van der Waals surface area contributed by atoms with Crippen molar-refractivity contribution >= 4 is 75.1 Å². The summed E-state index contributed by atoms with van der Waals surface area (Å²) in [5, 5.41) is 0.438. The highest BCUT2D eigenvalue weighted by Crippen LogP contribution is 2.48. The second kappa shape index (κ2) is 44.4. The lowest BCUT2D eigenvalue weighted by Gasteiger charge is -2.29. The number of amides is 2. The average molecular weight is 1720 g/mol. The molecule has 2 amide bonds. The molecule has 2 saturated carbocycles. The summed E-state index contributed by atoms with van der Waals surface area (Å²) in [5.41, 5.74) is 25.8. The van der Waals surface area contributed by atoms with Gasteiger partial charge in [-0.2, -0.15) is 4.39 Å². The van der Waals surface area contributed by atoms with Crippen LogP contribution in [0, 0.1) is 38.4 Å². The van der Waals surface area contributed by atoms with Crippen molar-refractivity contribution in [2.75, 3.05) is 52.5 Å². The number of aryl methyl sites for hydroxylation is 7. The molecule has 0 saturated heterocycles. The van der Waals surface area contributed by atoms with Crippen LogP contribution in [-0.2, 0) is 35.3 Å². The maximum absolute atomic E-state index is 14.9. The van der Waals surface area contributed by atoms with Crippen molar-refractivity contribution < 1.29 is 41.9 Å². The molecule has 652 valence electrons. The van der Waals surface area contributed by atoms with Crippen molar-refractivity contribution in [3.05, 3.63) is 327 Å². The first-order valence-electron chi connectivity index (χ1n) is 44.0. The van der Waals surface area contributed by atoms with Gasteiger partial charge in [-0.05, 0) is 237 Å². The molecular weight excluding hydrogens is 1600 g/mol. The summed E-state index contributed by atoms with van der Waals surface area (Å²) in [6, 6.07) is 71.3. The van der Waals surface area contributed by atoms with Crippen molar-refractivity contribution in [2.45, 2.75) is 189 Å². The zero-order valence-electron chi connectivity index (χ0n) is 74.4. The number of carbonyl (C=O) groups excluding carboxylic acids is 6. The van der Waals surface area contributed by atoms with Crippen molar-refractivity contribution in [3.8, 4) is 44.5 Å². The Kier molecular flexibility index (Phi) is 33.1. The summed E-state index contributed by atoms with van der Waals surface area (Å²) in [7, 11) is 3.96. The van der Waals surface area contributed by atoms with Crippen LogP contribution in [-0.4, -0.2) is 93.1 Å². The number of carbonyl (C=O) groups is 6. The van der Waals surface area contributed by atoms with Crippen LogP contribution >= 0.6 is 11.6 Å². The molecule has 0 radical (unpaired) electrons. The Bertz CT molecular complexity index is 5390. The van der Waals surface area contributed by atoms with Crippen LogP contribution in [0.15, 0.2) is 243 Å². The van der Waals surface area contributed by atoms with E-state index in [2.05, 4.69) is 63.5 Å². The highest BCUT2D eigenvalue weighted by atomic mass is 35.5. The SMILES string of the molecule is CCC1(N(C)c2ccc(-c3ccc(C(=O)CCc4cccnc4Cl)cc3)cc2F)CC1.CCC1(N(C)c2ccc(-c3ccc(C(=O)CCc4cccnc4N)cc3)cc2F)CC1.CCCN(C(=O)CC)c1ccc(-c2ccc(C(=O)CCc3ccc(C)nc3C)cc2)cc1.CCCN(C(=O)CC)c1ccc(-c2ccc(C(=O)CCc3ccc(F)nc3C)cc2)cc1. The molecule has 4 heterocycles. The third-order valence-corrected chi connectivity index (χ3v) is 24.7. The summed E-state index contributed by atoms with van der Waals surface area (Å²) in [4.78, 5) is 99.0. The minimum Gasteiger partial charge on any atom is -0.383 e. The summed E-state index contributed by atoms with van der Waals surface area (Å²) in [5.74, 6) is 0.0695. The molecular formula is C107H115ClF3N9O6. The first-order valence-corrected chi connectivity index (χ1v) is 44.4. The second-order valence-electron chi connectivity index (χ2n) is 32.6. The molecule has 0 aliphatic heterocycles. The number of halogens is 4. The van der Waals surface area contributed by atoms with E-state index < -0.39 is 5.95 Å². The third kappa shape index (κ3) is 24.5. The number of anilines is 5. The minimum absolute atomic E-state index is 0.0453. The van der Waals surface area contributed by atoms with Gasteiger partial charge in [-0.1, -0.05) is 211 Å². The van der Waals surface area contributed by atoms with E-state index in [-0.39, 0.29) is 57.7 Å². The highest BCUT2D eigenvalue weighted by Gasteiger charge is 2.46. The summed E-state index contributed by atoms with van der Waals surface area (Å²) in [6.07, 6.45) is 16.5. The highest BCUT2D eigenvalue weighted by molar-refractivity contribution is 6.30. The lowest BCUT2D eigenvalue weighted by atomic mass is 9.99. The van der Waals surface area contributed by atoms with E-state index in [1.165, 1.54) is 6.07 Å². The number of nitrogen functional groups attached to an aromatic ring is 1. The second-order valence-corrected chi connectivity index (χ2v) is 32.9. The Morgan fingerprint density at radius 2 is 0.714 bits per heavy atom. The van der Waals surface area contributed by atoms with E-state index in [9.17, 15) is 41.9 Å². The largest absolute Gasteiger partial charge is 0.383 e. The fraction of sp³-hybridized carbons (Fsp3) is 0.308. The van der Waals surface area contributed by atoms with E-state index in [0.717, 1.165) is 153 Å². The number of pyridine rings is 4. The molecule has 15 nitrogen and oxygen atoms in total. The molecule has 12 aromatic rings. The van der Waals surface area contributed by atoms with Gasteiger partial charge >= 0.3 is 0 Å². The predicted molar refractivity (Wildman–Crippen MR) is 506 cm³/mol. The Hall–Kier alpha value is -12.5. The quantitative estimate of drug-likeness (QED) is 0.0296. The van der Waals surface area contributed by atoms with Gasteiger partial charge in [0.05, 0.1) is 11.4 Å². The summed E-state index contributed by atoms with van der Waals surface area (Å²) in [6.45, 7) is 19.4. The van der Waals surface area contributed by atoms with Gasteiger partial charge in [0.15, 0.2) is 23.1 Å². The molecule has 2 aliphatic carbocycles. The van der Waals surface area contributed by atoms with Gasteiger partial charge in [-0.15, -0.1) is 0 Å². The van der Waals surface area contributed by atoms with E-state index in [1.54, 1.807) is 61.8 Å². The molecule has 2 aliphatic rings. The Morgan fingerprint density at radius 1 is 0.389 bits per heavy atom. The van der Waals surface area contributed by atoms with Gasteiger partial charge in [0, 0.05) is 140 Å². The minimum atomic E-state index is -0.503. The zero-order chi connectivity index (χ0) is 90.2. The number of benzene rings is 8. The van der Waals surface area contributed by atoms with Gasteiger partial charge in [0.2, 0.25) is 17.8 Å². The monoisotopic (exact) mass is 1710 g/mol. The van der Waals surface area contributed by atoms with Gasteiger partial charge in [-0.3, -0.25) is 33.8 Å². The van der Waals surface area contributed by atoms with Crippen molar-refractivity contribution in [1.29, 1.82) is 0 Å². The Balaban J connectivity index is 0.000000163. The molecule has 2 fully saturated rings. The number of ketones is 4. The number of hydrogen-bond donors (Lipinski definition) is 1. The maximum Gasteiger partial charge on any atom is 0.226 e. The number of nitrogens with two attached hydrogens (primary N) is 1. The smallest absolute Gasteiger partial charge is 0.226 e. The van der Waals surface area contributed by atoms with Crippen molar-refractivity contribution in [1.82, 2.24) is 19.9 Å². The fourth-order valence-corrected chi connectivity index (χ4v) is 16.1. The zero-order valence-corrected chi connectivity index (χ0v) is 75.1. The van der Waals surface area contributed by atoms with E-state index in [0.29, 0.717) is 115 Å². The van der Waals surface area contributed by atoms with E-state index in [1.807, 2.05) is 228 Å². The van der Waals surface area contributed by atoms with Gasteiger partial charge in [0.25, 0.3) is 0 Å². The standard InChI is InChI=1S/C28H32N2O2.C27H29FN2O2.C26H26ClFN2O.C26H28FN3O/c1-5-19-30(28(32)6-2)26-16-13-24(14-17-26)23-9-11-25(12-10-23)27(31)18-15-22-8-7-20(3)29-21(22)4;1-4-18-30(27(32)5-2)24-14-10-22(11-15-24)21-6-8-23(9-7-21)25(31)16-12-20-13-17-26(28)29-19(20)3;1-3-26(14-15-26)30(2)23-12-10-21(17-22(23)28)18-6-8-19(9-7-18)24(31)13-11-20-5-4-16-29-25(20)27;1-3-26(14-15-26)30(2)23-12-10-21(17-22(23)27)18-6-8-19(9-7-18)24(31)13-11-20-5-4-16-29-25(20)28/h7-14,16-17H,5-6,15,18-19H2,1-4H3;6-11,13-15,17H,4-5,12,16,18H2,1-3H3;4-10,12,16-17H,3,11,13-15H2,1-2H3;4-10,12,16-17H,3,11,13-15H2,1-2H3,(H2,28,29). The summed E-state index contributed by atoms with van der Waals surface area (Å²) >= 11 is 6.07. The molecule has 0 unspecified atom stereocenters. The van der Waals surface area contributed by atoms with Crippen LogP contribution in [0.1, 0.15) is 212 Å². The van der Waals surface area contributed by atoms with Gasteiger partial charge in [-0.25, -0.2) is 23.7 Å².